The smallest absolute Gasteiger partial charge is 0.210 e. The van der Waals surface area contributed by atoms with Gasteiger partial charge in [-0.15, -0.1) is 0 Å². The highest BCUT2D eigenvalue weighted by Gasteiger charge is 2.31. The number of Topliss-reactive ketones (excluding diaryl/α,β-unsaturated/α-hetero) is 1. The number of carbonyl (C=O) groups is 2. The Hall–Kier alpha value is -2.17. The Morgan fingerprint density at radius 3 is 3.11 bits per heavy atom. The molecule has 2 heterocycles. The summed E-state index contributed by atoms with van der Waals surface area (Å²) in [5.74, 6) is -0.425. The standard InChI is InChI=1S/C14H13FN2O2/c15-9-3-4-10-11(7-16-12(10)6-9)14(19)13-2-1-5-17(13)8-18/h3-4,6-8,13,16H,1-2,5H2. The third kappa shape index (κ3) is 1.91. The first-order chi connectivity index (χ1) is 9.20. The number of rotatable bonds is 3. The second-order valence-corrected chi connectivity index (χ2v) is 4.76. The van der Waals surface area contributed by atoms with E-state index < -0.39 is 0 Å². The van der Waals surface area contributed by atoms with E-state index in [1.807, 2.05) is 0 Å². The minimum atomic E-state index is -0.387. The van der Waals surface area contributed by atoms with E-state index in [9.17, 15) is 14.0 Å². The van der Waals surface area contributed by atoms with Crippen LogP contribution >= 0.6 is 0 Å². The van der Waals surface area contributed by atoms with Gasteiger partial charge in [-0.25, -0.2) is 4.39 Å². The number of nitrogens with one attached hydrogen (secondary N) is 1. The number of fused-ring (bicyclic) bond motifs is 1. The van der Waals surface area contributed by atoms with Crippen molar-refractivity contribution < 1.29 is 14.0 Å². The fourth-order valence-corrected chi connectivity index (χ4v) is 2.68. The number of H-pyrrole nitrogens is 1. The van der Waals surface area contributed by atoms with Crippen LogP contribution in [0.5, 0.6) is 0 Å². The lowest BCUT2D eigenvalue weighted by molar-refractivity contribution is -0.118. The van der Waals surface area contributed by atoms with Crippen LogP contribution in [-0.4, -0.2) is 34.7 Å². The minimum Gasteiger partial charge on any atom is -0.360 e. The van der Waals surface area contributed by atoms with Gasteiger partial charge in [0, 0.05) is 29.2 Å². The molecule has 0 radical (unpaired) electrons. The first-order valence-corrected chi connectivity index (χ1v) is 6.22. The number of aromatic nitrogens is 1. The normalized spacial score (nSPS) is 19.0. The molecule has 1 saturated heterocycles. The average molecular weight is 260 g/mol. The predicted octanol–water partition coefficient (Wildman–Crippen LogP) is 2.11. The van der Waals surface area contributed by atoms with Gasteiger partial charge in [-0.1, -0.05) is 0 Å². The number of hydrogen-bond acceptors (Lipinski definition) is 2. The van der Waals surface area contributed by atoms with Crippen molar-refractivity contribution in [2.75, 3.05) is 6.54 Å². The minimum absolute atomic E-state index is 0.0811. The highest BCUT2D eigenvalue weighted by molar-refractivity contribution is 6.10. The number of benzene rings is 1. The number of hydrogen-bond donors (Lipinski definition) is 1. The average Bonchev–Trinajstić information content (AvgIpc) is 3.03. The number of aromatic amines is 1. The van der Waals surface area contributed by atoms with Crippen molar-refractivity contribution in [1.29, 1.82) is 0 Å². The third-order valence-electron chi connectivity index (χ3n) is 3.64. The van der Waals surface area contributed by atoms with E-state index in [0.717, 1.165) is 12.8 Å². The first kappa shape index (κ1) is 11.9. The summed E-state index contributed by atoms with van der Waals surface area (Å²) in [6, 6.07) is 3.90. The van der Waals surface area contributed by atoms with E-state index in [2.05, 4.69) is 4.98 Å². The van der Waals surface area contributed by atoms with E-state index >= 15 is 0 Å². The van der Waals surface area contributed by atoms with Gasteiger partial charge in [0.2, 0.25) is 6.41 Å². The van der Waals surface area contributed by atoms with Crippen molar-refractivity contribution in [1.82, 2.24) is 9.88 Å². The van der Waals surface area contributed by atoms with Crippen molar-refractivity contribution in [3.8, 4) is 0 Å². The predicted molar refractivity (Wildman–Crippen MR) is 68.4 cm³/mol. The summed E-state index contributed by atoms with van der Waals surface area (Å²) >= 11 is 0. The number of ketones is 1. The molecule has 1 aliphatic rings. The fraction of sp³-hybridized carbons (Fsp3) is 0.286. The van der Waals surface area contributed by atoms with Crippen molar-refractivity contribution in [2.24, 2.45) is 0 Å². The zero-order valence-electron chi connectivity index (χ0n) is 10.2. The van der Waals surface area contributed by atoms with Crippen LogP contribution in [0.4, 0.5) is 4.39 Å². The molecule has 1 fully saturated rings. The summed E-state index contributed by atoms with van der Waals surface area (Å²) in [5.41, 5.74) is 1.12. The van der Waals surface area contributed by atoms with Gasteiger partial charge in [0.25, 0.3) is 0 Å². The molecule has 1 unspecified atom stereocenters. The van der Waals surface area contributed by atoms with Crippen molar-refractivity contribution in [2.45, 2.75) is 18.9 Å². The summed E-state index contributed by atoms with van der Waals surface area (Å²) in [6.07, 6.45) is 3.84. The Balaban J connectivity index is 2.00. The summed E-state index contributed by atoms with van der Waals surface area (Å²) in [4.78, 5) is 27.8. The Bertz CT molecular complexity index is 650. The maximum absolute atomic E-state index is 13.1. The first-order valence-electron chi connectivity index (χ1n) is 6.22. The Labute approximate surface area is 109 Å². The second kappa shape index (κ2) is 4.50. The monoisotopic (exact) mass is 260 g/mol. The van der Waals surface area contributed by atoms with E-state index in [-0.39, 0.29) is 17.6 Å². The SMILES string of the molecule is O=CN1CCCC1C(=O)c1c[nH]c2cc(F)ccc12. The van der Waals surface area contributed by atoms with Gasteiger partial charge >= 0.3 is 0 Å². The van der Waals surface area contributed by atoms with Crippen molar-refractivity contribution in [3.63, 3.8) is 0 Å². The molecule has 1 atom stereocenters. The molecular weight excluding hydrogens is 247 g/mol. The molecule has 3 rings (SSSR count). The van der Waals surface area contributed by atoms with Gasteiger partial charge in [-0.05, 0) is 31.0 Å². The molecule has 1 aromatic heterocycles. The van der Waals surface area contributed by atoms with Gasteiger partial charge in [0.15, 0.2) is 5.78 Å². The lowest BCUT2D eigenvalue weighted by Crippen LogP contribution is -2.34. The van der Waals surface area contributed by atoms with Crippen LogP contribution in [0.15, 0.2) is 24.4 Å². The summed E-state index contributed by atoms with van der Waals surface area (Å²) < 4.78 is 13.1. The van der Waals surface area contributed by atoms with E-state index in [4.69, 9.17) is 0 Å². The second-order valence-electron chi connectivity index (χ2n) is 4.76. The van der Waals surface area contributed by atoms with Gasteiger partial charge in [-0.3, -0.25) is 9.59 Å². The van der Waals surface area contributed by atoms with Gasteiger partial charge in [0.1, 0.15) is 5.82 Å². The van der Waals surface area contributed by atoms with Gasteiger partial charge in [-0.2, -0.15) is 0 Å². The molecule has 0 aliphatic carbocycles. The number of amides is 1. The van der Waals surface area contributed by atoms with Crippen LogP contribution in [0.2, 0.25) is 0 Å². The molecule has 0 bridgehead atoms. The maximum atomic E-state index is 13.1. The van der Waals surface area contributed by atoms with Crippen LogP contribution in [-0.2, 0) is 4.79 Å². The molecule has 4 nitrogen and oxygen atoms in total. The largest absolute Gasteiger partial charge is 0.360 e. The molecule has 1 aliphatic heterocycles. The fourth-order valence-electron chi connectivity index (χ4n) is 2.68. The maximum Gasteiger partial charge on any atom is 0.210 e. The van der Waals surface area contributed by atoms with E-state index in [0.29, 0.717) is 29.4 Å². The van der Waals surface area contributed by atoms with Gasteiger partial charge in [0.05, 0.1) is 6.04 Å². The molecule has 1 aromatic carbocycles. The van der Waals surface area contributed by atoms with Gasteiger partial charge < -0.3 is 9.88 Å². The van der Waals surface area contributed by atoms with Crippen LogP contribution < -0.4 is 0 Å². The summed E-state index contributed by atoms with van der Waals surface area (Å²) in [5, 5.41) is 0.698. The Kier molecular flexibility index (Phi) is 2.81. The number of halogens is 1. The molecule has 0 spiro atoms. The number of nitrogens with zero attached hydrogens (tertiary/aromatic N) is 1. The molecular formula is C14H13FN2O2. The van der Waals surface area contributed by atoms with Crippen molar-refractivity contribution >= 4 is 23.1 Å². The zero-order valence-corrected chi connectivity index (χ0v) is 10.2. The lowest BCUT2D eigenvalue weighted by Gasteiger charge is -2.18. The molecule has 2 aromatic rings. The molecule has 1 amide bonds. The van der Waals surface area contributed by atoms with E-state index in [1.165, 1.54) is 17.0 Å². The molecule has 5 heteroatoms. The Morgan fingerprint density at radius 1 is 1.47 bits per heavy atom. The van der Waals surface area contributed by atoms with Crippen LogP contribution in [0.1, 0.15) is 23.2 Å². The third-order valence-corrected chi connectivity index (χ3v) is 3.64. The topological polar surface area (TPSA) is 53.2 Å². The number of carbonyl (C=O) groups excluding carboxylic acids is 2. The lowest BCUT2D eigenvalue weighted by atomic mass is 10.0. The number of likely N-dealkylation sites (tertiary alicyclic amines) is 1. The molecule has 0 saturated carbocycles. The highest BCUT2D eigenvalue weighted by atomic mass is 19.1. The van der Waals surface area contributed by atoms with Crippen LogP contribution in [0, 0.1) is 5.82 Å². The zero-order chi connectivity index (χ0) is 13.4. The molecule has 1 N–H and O–H groups in total. The molecule has 19 heavy (non-hydrogen) atoms. The summed E-state index contributed by atoms with van der Waals surface area (Å²) in [7, 11) is 0. The van der Waals surface area contributed by atoms with E-state index in [1.54, 1.807) is 12.3 Å². The van der Waals surface area contributed by atoms with Crippen molar-refractivity contribution in [3.05, 3.63) is 35.8 Å². The summed E-state index contributed by atoms with van der Waals surface area (Å²) in [6.45, 7) is 0.622. The Morgan fingerprint density at radius 2 is 2.32 bits per heavy atom. The highest BCUT2D eigenvalue weighted by Crippen LogP contribution is 2.25. The van der Waals surface area contributed by atoms with Crippen LogP contribution in [0.3, 0.4) is 0 Å². The van der Waals surface area contributed by atoms with Crippen LogP contribution in [0.25, 0.3) is 10.9 Å². The quantitative estimate of drug-likeness (QED) is 0.678. The molecule has 98 valence electrons.